The first-order chi connectivity index (χ1) is 10.0. The summed E-state index contributed by atoms with van der Waals surface area (Å²) in [6, 6.07) is 1.50. The summed E-state index contributed by atoms with van der Waals surface area (Å²) >= 11 is 1.61. The lowest BCUT2D eigenvalue weighted by molar-refractivity contribution is -0.148. The molecular formula is C14H20N2O4S. The number of amides is 2. The lowest BCUT2D eigenvalue weighted by atomic mass is 9.90. The highest BCUT2D eigenvalue weighted by atomic mass is 32.1. The van der Waals surface area contributed by atoms with Crippen LogP contribution in [0.5, 0.6) is 0 Å². The fourth-order valence-corrected chi connectivity index (χ4v) is 3.08. The van der Waals surface area contributed by atoms with Crippen LogP contribution in [0.4, 0.5) is 4.79 Å². The van der Waals surface area contributed by atoms with Crippen LogP contribution < -0.4 is 10.6 Å². The van der Waals surface area contributed by atoms with Gasteiger partial charge >= 0.3 is 12.0 Å². The molecule has 0 aliphatic carbocycles. The molecule has 0 bridgehead atoms. The van der Waals surface area contributed by atoms with Crippen molar-refractivity contribution in [3.63, 3.8) is 0 Å². The molecule has 0 spiro atoms. The van der Waals surface area contributed by atoms with Gasteiger partial charge in [-0.05, 0) is 35.7 Å². The molecule has 1 fully saturated rings. The van der Waals surface area contributed by atoms with Crippen LogP contribution in [-0.2, 0) is 16.0 Å². The molecular weight excluding hydrogens is 292 g/mol. The van der Waals surface area contributed by atoms with E-state index < -0.39 is 17.5 Å². The molecule has 1 aromatic rings. The number of carboxylic acids is 1. The number of urea groups is 1. The SMILES string of the molecule is CC(Cc1ccsc1)NC(=O)NC1(C(=O)O)CCOCC1. The van der Waals surface area contributed by atoms with Gasteiger partial charge in [-0.2, -0.15) is 11.3 Å². The summed E-state index contributed by atoms with van der Waals surface area (Å²) in [5.41, 5.74) is -0.0587. The number of carboxylic acid groups (broad SMARTS) is 1. The normalized spacial score (nSPS) is 18.7. The summed E-state index contributed by atoms with van der Waals surface area (Å²) in [6.07, 6.45) is 1.30. The van der Waals surface area contributed by atoms with E-state index in [4.69, 9.17) is 4.74 Å². The van der Waals surface area contributed by atoms with E-state index in [1.54, 1.807) is 11.3 Å². The maximum Gasteiger partial charge on any atom is 0.329 e. The minimum absolute atomic E-state index is 0.0646. The molecule has 1 unspecified atom stereocenters. The van der Waals surface area contributed by atoms with Crippen LogP contribution in [0.15, 0.2) is 16.8 Å². The maximum atomic E-state index is 12.0. The Bertz CT molecular complexity index is 483. The average Bonchev–Trinajstić information content (AvgIpc) is 2.92. The molecule has 1 atom stereocenters. The molecule has 0 radical (unpaired) electrons. The zero-order valence-corrected chi connectivity index (χ0v) is 12.7. The fraction of sp³-hybridized carbons (Fsp3) is 0.571. The van der Waals surface area contributed by atoms with E-state index >= 15 is 0 Å². The monoisotopic (exact) mass is 312 g/mol. The highest BCUT2D eigenvalue weighted by Crippen LogP contribution is 2.21. The zero-order valence-electron chi connectivity index (χ0n) is 11.9. The van der Waals surface area contributed by atoms with Gasteiger partial charge in [-0.1, -0.05) is 0 Å². The van der Waals surface area contributed by atoms with Crippen molar-refractivity contribution >= 4 is 23.3 Å². The minimum atomic E-state index is -1.22. The molecule has 7 heteroatoms. The highest BCUT2D eigenvalue weighted by Gasteiger charge is 2.41. The number of hydrogen-bond acceptors (Lipinski definition) is 4. The van der Waals surface area contributed by atoms with Gasteiger partial charge in [0.05, 0.1) is 0 Å². The van der Waals surface area contributed by atoms with Crippen molar-refractivity contribution in [2.75, 3.05) is 13.2 Å². The van der Waals surface area contributed by atoms with E-state index in [-0.39, 0.29) is 18.9 Å². The van der Waals surface area contributed by atoms with Crippen molar-refractivity contribution in [1.82, 2.24) is 10.6 Å². The van der Waals surface area contributed by atoms with Gasteiger partial charge in [-0.3, -0.25) is 0 Å². The quantitative estimate of drug-likeness (QED) is 0.771. The first kappa shape index (κ1) is 15.8. The van der Waals surface area contributed by atoms with Crippen molar-refractivity contribution in [1.29, 1.82) is 0 Å². The number of rotatable bonds is 5. The highest BCUT2D eigenvalue weighted by molar-refractivity contribution is 7.07. The van der Waals surface area contributed by atoms with Crippen molar-refractivity contribution in [3.05, 3.63) is 22.4 Å². The molecule has 1 aromatic heterocycles. The van der Waals surface area contributed by atoms with Crippen LogP contribution in [0, 0.1) is 0 Å². The standard InChI is InChI=1S/C14H20N2O4S/c1-10(8-11-2-7-21-9-11)15-13(19)16-14(12(17)18)3-5-20-6-4-14/h2,7,9-10H,3-6,8H2,1H3,(H,17,18)(H2,15,16,19). The second kappa shape index (κ2) is 6.91. The van der Waals surface area contributed by atoms with Crippen LogP contribution in [0.3, 0.4) is 0 Å². The Morgan fingerprint density at radius 1 is 1.48 bits per heavy atom. The predicted molar refractivity (Wildman–Crippen MR) is 79.6 cm³/mol. The van der Waals surface area contributed by atoms with Crippen molar-refractivity contribution in [2.45, 2.75) is 37.8 Å². The van der Waals surface area contributed by atoms with Gasteiger partial charge in [0, 0.05) is 32.1 Å². The molecule has 0 aromatic carbocycles. The lowest BCUT2D eigenvalue weighted by Gasteiger charge is -2.34. The number of nitrogens with one attached hydrogen (secondary N) is 2. The van der Waals surface area contributed by atoms with Gasteiger partial charge in [0.1, 0.15) is 5.54 Å². The van der Waals surface area contributed by atoms with E-state index in [1.807, 2.05) is 23.8 Å². The lowest BCUT2D eigenvalue weighted by Crippen LogP contribution is -2.60. The molecule has 2 heterocycles. The number of carbonyl (C=O) groups excluding carboxylic acids is 1. The number of hydrogen-bond donors (Lipinski definition) is 3. The Kier molecular flexibility index (Phi) is 5.19. The van der Waals surface area contributed by atoms with Gasteiger partial charge in [-0.15, -0.1) is 0 Å². The molecule has 2 rings (SSSR count). The maximum absolute atomic E-state index is 12.0. The summed E-state index contributed by atoms with van der Waals surface area (Å²) in [4.78, 5) is 23.5. The van der Waals surface area contributed by atoms with Crippen LogP contribution in [0.1, 0.15) is 25.3 Å². The molecule has 1 aliphatic rings. The van der Waals surface area contributed by atoms with Crippen LogP contribution in [-0.4, -0.2) is 41.9 Å². The summed E-state index contributed by atoms with van der Waals surface area (Å²) in [5, 5.41) is 18.8. The van der Waals surface area contributed by atoms with Gasteiger partial charge < -0.3 is 20.5 Å². The Balaban J connectivity index is 1.88. The molecule has 3 N–H and O–H groups in total. The van der Waals surface area contributed by atoms with Gasteiger partial charge in [0.25, 0.3) is 0 Å². The Morgan fingerprint density at radius 2 is 2.19 bits per heavy atom. The van der Waals surface area contributed by atoms with Crippen LogP contribution in [0.2, 0.25) is 0 Å². The Morgan fingerprint density at radius 3 is 2.76 bits per heavy atom. The molecule has 1 saturated heterocycles. The third kappa shape index (κ3) is 4.18. The summed E-state index contributed by atoms with van der Waals surface area (Å²) < 4.78 is 5.17. The van der Waals surface area contributed by atoms with Crippen molar-refractivity contribution < 1.29 is 19.4 Å². The van der Waals surface area contributed by atoms with E-state index in [9.17, 15) is 14.7 Å². The molecule has 21 heavy (non-hydrogen) atoms. The predicted octanol–water partition coefficient (Wildman–Crippen LogP) is 1.61. The van der Waals surface area contributed by atoms with Crippen molar-refractivity contribution in [2.24, 2.45) is 0 Å². The molecule has 6 nitrogen and oxygen atoms in total. The Hall–Kier alpha value is -1.60. The van der Waals surface area contributed by atoms with Crippen molar-refractivity contribution in [3.8, 4) is 0 Å². The van der Waals surface area contributed by atoms with E-state index in [0.717, 1.165) is 12.0 Å². The van der Waals surface area contributed by atoms with E-state index in [0.29, 0.717) is 13.2 Å². The number of thiophene rings is 1. The largest absolute Gasteiger partial charge is 0.480 e. The first-order valence-corrected chi connectivity index (χ1v) is 7.87. The first-order valence-electron chi connectivity index (χ1n) is 6.93. The second-order valence-corrected chi connectivity index (χ2v) is 6.11. The zero-order chi connectivity index (χ0) is 15.3. The summed E-state index contributed by atoms with van der Waals surface area (Å²) in [6.45, 7) is 2.59. The van der Waals surface area contributed by atoms with Crippen LogP contribution >= 0.6 is 11.3 Å². The summed E-state index contributed by atoms with van der Waals surface area (Å²) in [7, 11) is 0. The van der Waals surface area contributed by atoms with Gasteiger partial charge in [-0.25, -0.2) is 9.59 Å². The molecule has 0 saturated carbocycles. The van der Waals surface area contributed by atoms with Gasteiger partial charge in [0.15, 0.2) is 0 Å². The number of ether oxygens (including phenoxy) is 1. The minimum Gasteiger partial charge on any atom is -0.480 e. The Labute approximate surface area is 127 Å². The second-order valence-electron chi connectivity index (χ2n) is 5.33. The fourth-order valence-electron chi connectivity index (χ4n) is 2.40. The number of aliphatic carboxylic acids is 1. The number of carbonyl (C=O) groups is 2. The summed E-state index contributed by atoms with van der Waals surface area (Å²) in [5.74, 6) is -1.01. The van der Waals surface area contributed by atoms with E-state index in [2.05, 4.69) is 10.6 Å². The molecule has 1 aliphatic heterocycles. The van der Waals surface area contributed by atoms with Crippen LogP contribution in [0.25, 0.3) is 0 Å². The molecule has 2 amide bonds. The third-order valence-electron chi connectivity index (χ3n) is 3.61. The smallest absolute Gasteiger partial charge is 0.329 e. The van der Waals surface area contributed by atoms with E-state index in [1.165, 1.54) is 0 Å². The average molecular weight is 312 g/mol. The van der Waals surface area contributed by atoms with Gasteiger partial charge in [0.2, 0.25) is 0 Å². The topological polar surface area (TPSA) is 87.7 Å². The third-order valence-corrected chi connectivity index (χ3v) is 4.34. The molecule has 116 valence electrons.